The summed E-state index contributed by atoms with van der Waals surface area (Å²) in [6.07, 6.45) is 5.89. The summed E-state index contributed by atoms with van der Waals surface area (Å²) in [6.45, 7) is 4.93. The summed E-state index contributed by atoms with van der Waals surface area (Å²) in [4.78, 5) is 12.1. The van der Waals surface area contributed by atoms with Crippen LogP contribution in [0.3, 0.4) is 0 Å². The SMILES string of the molecule is CCOC(=O)C1CCC(C2OC3C(O)OC4COC(C5CCC(CC)CC5)OC4C3O2)CC1. The standard InChI is InChI=1S/C25H40O8/c1-3-14-5-7-16(8-6-14)24-29-13-18-19(31-24)20-21(23(27)30-18)33-25(32-20)17-11-9-15(10-12-17)22(26)28-4-2/h14-21,23-25,27H,3-13H2,1-2H3. The molecule has 8 nitrogen and oxygen atoms in total. The van der Waals surface area contributed by atoms with E-state index in [0.717, 1.165) is 44.4 Å². The Balaban J connectivity index is 1.18. The van der Waals surface area contributed by atoms with Gasteiger partial charge in [-0.05, 0) is 51.4 Å². The molecule has 7 unspecified atom stereocenters. The van der Waals surface area contributed by atoms with Gasteiger partial charge in [-0.3, -0.25) is 4.79 Å². The number of rotatable bonds is 5. The highest BCUT2D eigenvalue weighted by molar-refractivity contribution is 5.72. The molecule has 3 saturated heterocycles. The van der Waals surface area contributed by atoms with Crippen molar-refractivity contribution in [2.24, 2.45) is 23.7 Å². The molecule has 0 aromatic carbocycles. The molecule has 0 amide bonds. The van der Waals surface area contributed by atoms with Gasteiger partial charge in [-0.1, -0.05) is 26.2 Å². The summed E-state index contributed by atoms with van der Waals surface area (Å²) in [5.74, 6) is 1.27. The van der Waals surface area contributed by atoms with E-state index in [1.807, 2.05) is 6.92 Å². The van der Waals surface area contributed by atoms with E-state index in [0.29, 0.717) is 19.1 Å². The van der Waals surface area contributed by atoms with Gasteiger partial charge in [0.25, 0.3) is 0 Å². The van der Waals surface area contributed by atoms with Crippen molar-refractivity contribution in [3.63, 3.8) is 0 Å². The van der Waals surface area contributed by atoms with Crippen molar-refractivity contribution in [2.75, 3.05) is 13.2 Å². The highest BCUT2D eigenvalue weighted by Crippen LogP contribution is 2.43. The molecule has 2 saturated carbocycles. The Morgan fingerprint density at radius 3 is 2.15 bits per heavy atom. The quantitative estimate of drug-likeness (QED) is 0.615. The Hall–Kier alpha value is -0.770. The third kappa shape index (κ3) is 4.98. The zero-order valence-electron chi connectivity index (χ0n) is 19.9. The maximum Gasteiger partial charge on any atom is 0.308 e. The van der Waals surface area contributed by atoms with E-state index in [4.69, 9.17) is 28.4 Å². The Morgan fingerprint density at radius 1 is 0.818 bits per heavy atom. The molecule has 33 heavy (non-hydrogen) atoms. The van der Waals surface area contributed by atoms with Crippen LogP contribution >= 0.6 is 0 Å². The van der Waals surface area contributed by atoms with E-state index >= 15 is 0 Å². The van der Waals surface area contributed by atoms with Crippen molar-refractivity contribution in [1.29, 1.82) is 0 Å². The molecule has 5 aliphatic rings. The van der Waals surface area contributed by atoms with Crippen LogP contribution in [0.25, 0.3) is 0 Å². The summed E-state index contributed by atoms with van der Waals surface area (Å²) in [6, 6.07) is 0. The largest absolute Gasteiger partial charge is 0.466 e. The van der Waals surface area contributed by atoms with Gasteiger partial charge in [0.2, 0.25) is 0 Å². The number of hydrogen-bond acceptors (Lipinski definition) is 8. The third-order valence-corrected chi connectivity index (χ3v) is 8.54. The van der Waals surface area contributed by atoms with E-state index in [9.17, 15) is 9.90 Å². The molecular weight excluding hydrogens is 428 g/mol. The molecule has 0 bridgehead atoms. The van der Waals surface area contributed by atoms with Crippen LogP contribution in [0, 0.1) is 23.7 Å². The van der Waals surface area contributed by atoms with Gasteiger partial charge in [-0.15, -0.1) is 0 Å². The summed E-state index contributed by atoms with van der Waals surface area (Å²) < 4.78 is 36.1. The fraction of sp³-hybridized carbons (Fsp3) is 0.960. The van der Waals surface area contributed by atoms with Crippen molar-refractivity contribution < 1.29 is 38.3 Å². The van der Waals surface area contributed by atoms with Gasteiger partial charge in [0.1, 0.15) is 24.4 Å². The first-order valence-electron chi connectivity index (χ1n) is 13.2. The van der Waals surface area contributed by atoms with Gasteiger partial charge in [0.05, 0.1) is 19.1 Å². The zero-order chi connectivity index (χ0) is 22.9. The minimum atomic E-state index is -1.05. The number of ether oxygens (including phenoxy) is 6. The number of hydrogen-bond donors (Lipinski definition) is 1. The van der Waals surface area contributed by atoms with Gasteiger partial charge in [-0.2, -0.15) is 0 Å². The van der Waals surface area contributed by atoms with Crippen molar-refractivity contribution in [1.82, 2.24) is 0 Å². The van der Waals surface area contributed by atoms with E-state index in [2.05, 4.69) is 6.92 Å². The lowest BCUT2D eigenvalue weighted by molar-refractivity contribution is -0.347. The molecule has 8 heteroatoms. The van der Waals surface area contributed by atoms with E-state index < -0.39 is 18.7 Å². The highest BCUT2D eigenvalue weighted by atomic mass is 16.8. The second-order valence-electron chi connectivity index (χ2n) is 10.5. The summed E-state index contributed by atoms with van der Waals surface area (Å²) >= 11 is 0. The number of carbonyl (C=O) groups is 1. The van der Waals surface area contributed by atoms with E-state index in [-0.39, 0.29) is 42.4 Å². The lowest BCUT2D eigenvalue weighted by Gasteiger charge is -2.47. The number of fused-ring (bicyclic) bond motifs is 3. The summed E-state index contributed by atoms with van der Waals surface area (Å²) in [5.41, 5.74) is 0. The lowest BCUT2D eigenvalue weighted by Crippen LogP contribution is -2.62. The molecule has 0 aromatic rings. The first kappa shape index (κ1) is 23.9. The van der Waals surface area contributed by atoms with Crippen molar-refractivity contribution >= 4 is 5.97 Å². The fourth-order valence-electron chi connectivity index (χ4n) is 6.44. The number of aliphatic hydroxyl groups is 1. The fourth-order valence-corrected chi connectivity index (χ4v) is 6.44. The molecule has 0 radical (unpaired) electrons. The predicted octanol–water partition coefficient (Wildman–Crippen LogP) is 3.14. The molecule has 5 rings (SSSR count). The van der Waals surface area contributed by atoms with Gasteiger partial charge in [-0.25, -0.2) is 0 Å². The average molecular weight is 469 g/mol. The van der Waals surface area contributed by atoms with Gasteiger partial charge >= 0.3 is 5.97 Å². The molecule has 7 atom stereocenters. The minimum Gasteiger partial charge on any atom is -0.466 e. The van der Waals surface area contributed by atoms with Crippen LogP contribution in [-0.2, 0) is 33.2 Å². The Morgan fingerprint density at radius 2 is 1.45 bits per heavy atom. The van der Waals surface area contributed by atoms with Crippen LogP contribution < -0.4 is 0 Å². The molecule has 5 fully saturated rings. The van der Waals surface area contributed by atoms with Crippen molar-refractivity contribution in [2.45, 2.75) is 115 Å². The van der Waals surface area contributed by atoms with E-state index in [1.165, 1.54) is 19.3 Å². The summed E-state index contributed by atoms with van der Waals surface area (Å²) in [7, 11) is 0. The zero-order valence-corrected chi connectivity index (χ0v) is 19.9. The van der Waals surface area contributed by atoms with E-state index in [1.54, 1.807) is 0 Å². The lowest BCUT2D eigenvalue weighted by atomic mass is 9.80. The van der Waals surface area contributed by atoms with Crippen LogP contribution in [0.15, 0.2) is 0 Å². The van der Waals surface area contributed by atoms with Crippen LogP contribution in [0.5, 0.6) is 0 Å². The van der Waals surface area contributed by atoms with Crippen LogP contribution in [-0.4, -0.2) is 67.6 Å². The smallest absolute Gasteiger partial charge is 0.308 e. The maximum atomic E-state index is 12.1. The van der Waals surface area contributed by atoms with Gasteiger partial charge < -0.3 is 33.5 Å². The van der Waals surface area contributed by atoms with Crippen molar-refractivity contribution in [3.05, 3.63) is 0 Å². The average Bonchev–Trinajstić information content (AvgIpc) is 3.31. The molecule has 0 spiro atoms. The molecule has 3 heterocycles. The highest BCUT2D eigenvalue weighted by Gasteiger charge is 2.57. The molecule has 2 aliphatic carbocycles. The summed E-state index contributed by atoms with van der Waals surface area (Å²) in [5, 5.41) is 10.6. The van der Waals surface area contributed by atoms with Gasteiger partial charge in [0.15, 0.2) is 18.9 Å². The monoisotopic (exact) mass is 468 g/mol. The Bertz CT molecular complexity index is 657. The number of aliphatic hydroxyl groups excluding tert-OH is 1. The van der Waals surface area contributed by atoms with Gasteiger partial charge in [0, 0.05) is 11.8 Å². The van der Waals surface area contributed by atoms with Crippen LogP contribution in [0.1, 0.15) is 71.6 Å². The third-order valence-electron chi connectivity index (χ3n) is 8.54. The van der Waals surface area contributed by atoms with Crippen LogP contribution in [0.2, 0.25) is 0 Å². The first-order chi connectivity index (χ1) is 16.1. The molecule has 188 valence electrons. The Labute approximate surface area is 196 Å². The number of carbonyl (C=O) groups excluding carboxylic acids is 1. The molecule has 1 N–H and O–H groups in total. The minimum absolute atomic E-state index is 0.0365. The maximum absolute atomic E-state index is 12.1. The first-order valence-corrected chi connectivity index (χ1v) is 13.2. The second kappa shape index (κ2) is 10.5. The topological polar surface area (TPSA) is 92.7 Å². The molecular formula is C25H40O8. The molecule has 0 aromatic heterocycles. The van der Waals surface area contributed by atoms with Crippen molar-refractivity contribution in [3.8, 4) is 0 Å². The molecule has 3 aliphatic heterocycles. The predicted molar refractivity (Wildman–Crippen MR) is 117 cm³/mol. The normalized spacial score (nSPS) is 48.0. The van der Waals surface area contributed by atoms with Crippen LogP contribution in [0.4, 0.5) is 0 Å². The number of esters is 1. The second-order valence-corrected chi connectivity index (χ2v) is 10.5. The Kier molecular flexibility index (Phi) is 7.59.